The van der Waals surface area contributed by atoms with Crippen molar-refractivity contribution in [2.45, 2.75) is 6.04 Å². The highest BCUT2D eigenvalue weighted by Crippen LogP contribution is 2.47. The molecule has 0 unspecified atom stereocenters. The zero-order valence-electron chi connectivity index (χ0n) is 17.4. The van der Waals surface area contributed by atoms with Gasteiger partial charge in [-0.15, -0.1) is 0 Å². The number of para-hydroxylation sites is 1. The highest BCUT2D eigenvalue weighted by atomic mass is 79.9. The molecular formula is C24H17BrN4O4. The van der Waals surface area contributed by atoms with Crippen molar-refractivity contribution in [1.82, 2.24) is 10.2 Å². The predicted molar refractivity (Wildman–Crippen MR) is 126 cm³/mol. The summed E-state index contributed by atoms with van der Waals surface area (Å²) in [6.45, 7) is 0. The number of benzene rings is 3. The van der Waals surface area contributed by atoms with Crippen LogP contribution in [-0.2, 0) is 0 Å². The summed E-state index contributed by atoms with van der Waals surface area (Å²) >= 11 is 3.42. The summed E-state index contributed by atoms with van der Waals surface area (Å²) < 4.78 is 6.10. The van der Waals surface area contributed by atoms with Crippen LogP contribution in [0.5, 0.6) is 5.75 Å². The Bertz CT molecular complexity index is 1370. The van der Waals surface area contributed by atoms with Gasteiger partial charge in [-0.2, -0.15) is 5.10 Å². The van der Waals surface area contributed by atoms with Crippen molar-refractivity contribution in [3.8, 4) is 17.0 Å². The van der Waals surface area contributed by atoms with Crippen molar-refractivity contribution >= 4 is 33.2 Å². The second-order valence-electron chi connectivity index (χ2n) is 7.46. The molecule has 1 aliphatic heterocycles. The SMILES string of the molecule is COc1ccc(-c2n[nH]c3c2[C@H](c2ccccc2[N+](=O)[O-])N(c2ccc(Br)cc2)C3=O)cc1. The number of nitro benzene ring substituents is 1. The Labute approximate surface area is 197 Å². The fourth-order valence-electron chi connectivity index (χ4n) is 4.16. The summed E-state index contributed by atoms with van der Waals surface area (Å²) in [7, 11) is 1.58. The number of hydrogen-bond acceptors (Lipinski definition) is 5. The number of methoxy groups -OCH3 is 1. The first-order chi connectivity index (χ1) is 16.0. The number of amides is 1. The second-order valence-corrected chi connectivity index (χ2v) is 8.38. The number of rotatable bonds is 5. The van der Waals surface area contributed by atoms with Gasteiger partial charge in [0.25, 0.3) is 11.6 Å². The average molecular weight is 505 g/mol. The molecule has 0 aliphatic carbocycles. The lowest BCUT2D eigenvalue weighted by Gasteiger charge is -2.26. The number of aromatic amines is 1. The molecule has 0 saturated heterocycles. The lowest BCUT2D eigenvalue weighted by Crippen LogP contribution is -2.29. The van der Waals surface area contributed by atoms with Gasteiger partial charge in [-0.25, -0.2) is 0 Å². The normalized spacial score (nSPS) is 14.9. The highest BCUT2D eigenvalue weighted by molar-refractivity contribution is 9.10. The number of carbonyl (C=O) groups excluding carboxylic acids is 1. The minimum atomic E-state index is -0.730. The number of anilines is 1. The number of fused-ring (bicyclic) bond motifs is 1. The van der Waals surface area contributed by atoms with Crippen LogP contribution < -0.4 is 9.64 Å². The number of carbonyl (C=O) groups is 1. The van der Waals surface area contributed by atoms with Crippen LogP contribution >= 0.6 is 15.9 Å². The van der Waals surface area contributed by atoms with Crippen LogP contribution in [-0.4, -0.2) is 28.1 Å². The van der Waals surface area contributed by atoms with Crippen LogP contribution in [0.4, 0.5) is 11.4 Å². The van der Waals surface area contributed by atoms with Crippen LogP contribution in [0.25, 0.3) is 11.3 Å². The number of aromatic nitrogens is 2. The lowest BCUT2D eigenvalue weighted by molar-refractivity contribution is -0.385. The van der Waals surface area contributed by atoms with Crippen LogP contribution in [0.15, 0.2) is 77.3 Å². The smallest absolute Gasteiger partial charge is 0.277 e. The number of ether oxygens (including phenoxy) is 1. The number of nitro groups is 1. The monoisotopic (exact) mass is 504 g/mol. The highest BCUT2D eigenvalue weighted by Gasteiger charge is 2.45. The standard InChI is InChI=1S/C24H17BrN4O4/c1-33-17-12-6-14(7-13-17)21-20-22(27-26-21)24(30)28(16-10-8-15(25)9-11-16)23(20)18-4-2-3-5-19(18)29(31)32/h2-13,23H,1H3,(H,26,27)/t23-/m0/s1. The fraction of sp³-hybridized carbons (Fsp3) is 0.0833. The van der Waals surface area contributed by atoms with E-state index in [9.17, 15) is 14.9 Å². The molecule has 1 amide bonds. The molecule has 1 atom stereocenters. The fourth-order valence-corrected chi connectivity index (χ4v) is 4.43. The Morgan fingerprint density at radius 2 is 1.76 bits per heavy atom. The predicted octanol–water partition coefficient (Wildman–Crippen LogP) is 5.51. The van der Waals surface area contributed by atoms with Crippen molar-refractivity contribution < 1.29 is 14.5 Å². The van der Waals surface area contributed by atoms with Crippen molar-refractivity contribution in [2.75, 3.05) is 12.0 Å². The first kappa shape index (κ1) is 20.9. The topological polar surface area (TPSA) is 101 Å². The molecule has 8 nitrogen and oxygen atoms in total. The van der Waals surface area contributed by atoms with Gasteiger partial charge in [-0.1, -0.05) is 28.1 Å². The van der Waals surface area contributed by atoms with E-state index in [4.69, 9.17) is 4.74 Å². The third kappa shape index (κ3) is 3.46. The van der Waals surface area contributed by atoms with Crippen molar-refractivity contribution in [1.29, 1.82) is 0 Å². The molecule has 0 fully saturated rings. The van der Waals surface area contributed by atoms with Crippen LogP contribution in [0.2, 0.25) is 0 Å². The summed E-state index contributed by atoms with van der Waals surface area (Å²) in [6.07, 6.45) is 0. The van der Waals surface area contributed by atoms with Crippen LogP contribution in [0.1, 0.15) is 27.7 Å². The molecule has 0 spiro atoms. The van der Waals surface area contributed by atoms with Crippen LogP contribution in [0, 0.1) is 10.1 Å². The Kier molecular flexibility index (Phi) is 5.18. The van der Waals surface area contributed by atoms with E-state index in [1.54, 1.807) is 54.5 Å². The van der Waals surface area contributed by atoms with Gasteiger partial charge in [0.15, 0.2) is 0 Å². The van der Waals surface area contributed by atoms with Gasteiger partial charge in [0.05, 0.1) is 29.3 Å². The van der Waals surface area contributed by atoms with Gasteiger partial charge in [0, 0.05) is 27.4 Å². The molecule has 1 aromatic heterocycles. The number of halogens is 1. The van der Waals surface area contributed by atoms with Gasteiger partial charge in [-0.05, 0) is 54.6 Å². The van der Waals surface area contributed by atoms with Gasteiger partial charge in [0.1, 0.15) is 11.4 Å². The largest absolute Gasteiger partial charge is 0.497 e. The quantitative estimate of drug-likeness (QED) is 0.285. The van der Waals surface area contributed by atoms with Crippen molar-refractivity contribution in [3.05, 3.63) is 104 Å². The molecule has 9 heteroatoms. The molecule has 0 radical (unpaired) electrons. The molecule has 2 heterocycles. The number of nitrogens with one attached hydrogen (secondary N) is 1. The Morgan fingerprint density at radius 1 is 1.06 bits per heavy atom. The number of nitrogens with zero attached hydrogens (tertiary/aromatic N) is 3. The van der Waals surface area contributed by atoms with Gasteiger partial charge >= 0.3 is 0 Å². The zero-order chi connectivity index (χ0) is 23.1. The van der Waals surface area contributed by atoms with Gasteiger partial charge in [-0.3, -0.25) is 24.9 Å². The molecule has 0 saturated carbocycles. The third-order valence-electron chi connectivity index (χ3n) is 5.66. The summed E-state index contributed by atoms with van der Waals surface area (Å²) in [5.74, 6) is 0.386. The molecule has 1 aliphatic rings. The maximum absolute atomic E-state index is 13.5. The average Bonchev–Trinajstić information content (AvgIpc) is 3.39. The lowest BCUT2D eigenvalue weighted by atomic mass is 9.94. The van der Waals surface area contributed by atoms with E-state index in [0.29, 0.717) is 34.0 Å². The second kappa shape index (κ2) is 8.18. The molecule has 5 rings (SSSR count). The zero-order valence-corrected chi connectivity index (χ0v) is 18.9. The molecule has 3 aromatic carbocycles. The van der Waals surface area contributed by atoms with Crippen molar-refractivity contribution in [3.63, 3.8) is 0 Å². The molecular weight excluding hydrogens is 488 g/mol. The third-order valence-corrected chi connectivity index (χ3v) is 6.19. The molecule has 4 aromatic rings. The maximum atomic E-state index is 13.5. The van der Waals surface area contributed by atoms with E-state index in [2.05, 4.69) is 26.1 Å². The van der Waals surface area contributed by atoms with E-state index in [1.807, 2.05) is 24.3 Å². The van der Waals surface area contributed by atoms with Crippen LogP contribution in [0.3, 0.4) is 0 Å². The number of H-pyrrole nitrogens is 1. The first-order valence-electron chi connectivity index (χ1n) is 10.0. The maximum Gasteiger partial charge on any atom is 0.277 e. The van der Waals surface area contributed by atoms with E-state index < -0.39 is 11.0 Å². The minimum Gasteiger partial charge on any atom is -0.497 e. The molecule has 0 bridgehead atoms. The number of hydrogen-bond donors (Lipinski definition) is 1. The van der Waals surface area contributed by atoms with Crippen molar-refractivity contribution in [2.24, 2.45) is 0 Å². The molecule has 164 valence electrons. The van der Waals surface area contributed by atoms with E-state index in [1.165, 1.54) is 6.07 Å². The minimum absolute atomic E-state index is 0.0628. The Morgan fingerprint density at radius 3 is 2.42 bits per heavy atom. The van der Waals surface area contributed by atoms with E-state index in [-0.39, 0.29) is 11.6 Å². The first-order valence-corrected chi connectivity index (χ1v) is 10.8. The summed E-state index contributed by atoms with van der Waals surface area (Å²) in [6, 6.07) is 20.3. The molecule has 33 heavy (non-hydrogen) atoms. The summed E-state index contributed by atoms with van der Waals surface area (Å²) in [5.41, 5.74) is 3.21. The van der Waals surface area contributed by atoms with E-state index >= 15 is 0 Å². The van der Waals surface area contributed by atoms with Gasteiger partial charge in [0.2, 0.25) is 0 Å². The molecule has 1 N–H and O–H groups in total. The summed E-state index contributed by atoms with van der Waals surface area (Å²) in [4.78, 5) is 26.6. The van der Waals surface area contributed by atoms with E-state index in [0.717, 1.165) is 10.0 Å². The Hall–Kier alpha value is -3.98. The van der Waals surface area contributed by atoms with Gasteiger partial charge < -0.3 is 4.74 Å². The summed E-state index contributed by atoms with van der Waals surface area (Å²) in [5, 5.41) is 19.2. The Balaban J connectivity index is 1.74.